The Morgan fingerprint density at radius 3 is 2.30 bits per heavy atom. The van der Waals surface area contributed by atoms with Crippen LogP contribution in [0.15, 0.2) is 0 Å². The van der Waals surface area contributed by atoms with E-state index in [4.69, 9.17) is 4.74 Å². The number of carbonyl (C=O) groups excluding carboxylic acids is 1. The molecular weight excluding hydrogens is 280 g/mol. The molecule has 1 heterocycles. The number of ether oxygens (including phenoxy) is 1. The Kier molecular flexibility index (Phi) is 6.11. The lowest BCUT2D eigenvalue weighted by Gasteiger charge is -2.43. The van der Waals surface area contributed by atoms with Gasteiger partial charge in [-0.3, -0.25) is 10.1 Å². The van der Waals surface area contributed by atoms with Crippen molar-refractivity contribution in [1.82, 2.24) is 10.6 Å². The second-order valence-corrected chi connectivity index (χ2v) is 11.9. The number of rotatable bonds is 5. The van der Waals surface area contributed by atoms with E-state index >= 15 is 0 Å². The summed E-state index contributed by atoms with van der Waals surface area (Å²) in [5.41, 5.74) is 0. The quantitative estimate of drug-likeness (QED) is 0.391. The van der Waals surface area contributed by atoms with Gasteiger partial charge in [-0.25, -0.2) is 0 Å². The van der Waals surface area contributed by atoms with Crippen molar-refractivity contribution in [2.45, 2.75) is 57.1 Å². The van der Waals surface area contributed by atoms with Crippen molar-refractivity contribution >= 4 is 14.0 Å². The van der Waals surface area contributed by atoms with E-state index in [-0.39, 0.29) is 5.91 Å². The first-order chi connectivity index (χ1) is 9.15. The van der Waals surface area contributed by atoms with E-state index in [1.807, 2.05) is 0 Å². The summed E-state index contributed by atoms with van der Waals surface area (Å²) in [6, 6.07) is -0.748. The van der Waals surface area contributed by atoms with Crippen molar-refractivity contribution in [3.63, 3.8) is 0 Å². The summed E-state index contributed by atoms with van der Waals surface area (Å²) in [5, 5.41) is 34.9. The number of hydrogen-bond acceptors (Lipinski definition) is 6. The maximum absolute atomic E-state index is 11.2. The molecule has 0 radical (unpaired) electrons. The highest BCUT2D eigenvalue weighted by molar-refractivity contribution is 6.76. The Morgan fingerprint density at radius 1 is 1.25 bits per heavy atom. The van der Waals surface area contributed by atoms with Crippen LogP contribution in [0.5, 0.6) is 0 Å². The molecule has 0 bridgehead atoms. The predicted octanol–water partition coefficient (Wildman–Crippen LogP) is -1.60. The zero-order chi connectivity index (χ0) is 15.5. The van der Waals surface area contributed by atoms with Crippen molar-refractivity contribution in [3.8, 4) is 0 Å². The van der Waals surface area contributed by atoms with Gasteiger partial charge in [0.25, 0.3) is 0 Å². The van der Waals surface area contributed by atoms with Crippen molar-refractivity contribution in [2.24, 2.45) is 0 Å². The molecule has 0 aromatic heterocycles. The third-order valence-corrected chi connectivity index (χ3v) is 4.39. The molecule has 0 aromatic rings. The van der Waals surface area contributed by atoms with Gasteiger partial charge in [-0.15, -0.1) is 0 Å². The van der Waals surface area contributed by atoms with Crippen LogP contribution in [0.2, 0.25) is 19.6 Å². The van der Waals surface area contributed by atoms with Crippen molar-refractivity contribution in [1.29, 1.82) is 0 Å². The molecule has 5 atom stereocenters. The molecule has 7 nitrogen and oxygen atoms in total. The fraction of sp³-hybridized carbons (Fsp3) is 0.917. The van der Waals surface area contributed by atoms with Gasteiger partial charge < -0.3 is 25.4 Å². The summed E-state index contributed by atoms with van der Waals surface area (Å²) in [6.45, 7) is 7.46. The van der Waals surface area contributed by atoms with Crippen LogP contribution >= 0.6 is 0 Å². The summed E-state index contributed by atoms with van der Waals surface area (Å²) in [4.78, 5) is 11.2. The highest BCUT2D eigenvalue weighted by Gasteiger charge is 2.44. The number of aliphatic hydroxyl groups is 3. The molecule has 5 N–H and O–H groups in total. The van der Waals surface area contributed by atoms with E-state index < -0.39 is 45.3 Å². The number of aliphatic hydroxyl groups excluding tert-OH is 3. The van der Waals surface area contributed by atoms with Gasteiger partial charge in [0.1, 0.15) is 24.5 Å². The summed E-state index contributed by atoms with van der Waals surface area (Å²) in [5.74, 6) is -0.313. The van der Waals surface area contributed by atoms with Gasteiger partial charge in [-0.2, -0.15) is 0 Å². The lowest BCUT2D eigenvalue weighted by atomic mass is 9.96. The fourth-order valence-corrected chi connectivity index (χ4v) is 2.91. The first-order valence-corrected chi connectivity index (χ1v) is 10.5. The number of amides is 1. The molecule has 0 aromatic carbocycles. The Bertz CT molecular complexity index is 336. The summed E-state index contributed by atoms with van der Waals surface area (Å²) in [6.07, 6.45) is -3.20. The fourth-order valence-electron chi connectivity index (χ4n) is 2.09. The smallest absolute Gasteiger partial charge is 0.217 e. The Labute approximate surface area is 120 Å². The maximum Gasteiger partial charge on any atom is 0.217 e. The van der Waals surface area contributed by atoms with Gasteiger partial charge in [0, 0.05) is 6.92 Å². The van der Waals surface area contributed by atoms with Crippen LogP contribution in [0.4, 0.5) is 0 Å². The minimum absolute atomic E-state index is 0.313. The molecule has 0 unspecified atom stereocenters. The van der Waals surface area contributed by atoms with Gasteiger partial charge >= 0.3 is 0 Å². The molecule has 1 rings (SSSR count). The zero-order valence-electron chi connectivity index (χ0n) is 12.5. The van der Waals surface area contributed by atoms with Crippen molar-refractivity contribution < 1.29 is 24.9 Å². The largest absolute Gasteiger partial charge is 0.394 e. The SMILES string of the molecule is CC(=O)N[C@@H]1[C@@H](O)[C@H](O)[C@@H](CO)O[C@H]1NC[Si](C)(C)C. The molecule has 1 fully saturated rings. The zero-order valence-corrected chi connectivity index (χ0v) is 13.5. The standard InChI is InChI=1S/C12H26N2O5Si/c1-7(16)14-9-11(18)10(17)8(5-15)19-12(9)13-6-20(2,3)4/h8-13,15,17-18H,5-6H2,1-4H3,(H,14,16)/t8-,9-,10-,11-,12-/m1/s1. The van der Waals surface area contributed by atoms with Gasteiger partial charge in [-0.1, -0.05) is 19.6 Å². The van der Waals surface area contributed by atoms with Crippen LogP contribution in [0.1, 0.15) is 6.92 Å². The predicted molar refractivity (Wildman–Crippen MR) is 76.7 cm³/mol. The average molecular weight is 306 g/mol. The highest BCUT2D eigenvalue weighted by atomic mass is 28.3. The Balaban J connectivity index is 2.80. The van der Waals surface area contributed by atoms with Gasteiger partial charge in [0.05, 0.1) is 20.7 Å². The van der Waals surface area contributed by atoms with Crippen molar-refractivity contribution in [3.05, 3.63) is 0 Å². The van der Waals surface area contributed by atoms with E-state index in [9.17, 15) is 20.1 Å². The topological polar surface area (TPSA) is 111 Å². The number of carbonyl (C=O) groups is 1. The first kappa shape index (κ1) is 17.5. The van der Waals surface area contributed by atoms with Crippen LogP contribution in [-0.4, -0.2) is 72.7 Å². The molecule has 20 heavy (non-hydrogen) atoms. The lowest BCUT2D eigenvalue weighted by molar-refractivity contribution is -0.201. The van der Waals surface area contributed by atoms with Gasteiger partial charge in [-0.05, 0) is 6.17 Å². The maximum atomic E-state index is 11.2. The van der Waals surface area contributed by atoms with Crippen LogP contribution in [0.3, 0.4) is 0 Å². The monoisotopic (exact) mass is 306 g/mol. The third-order valence-electron chi connectivity index (χ3n) is 3.13. The minimum Gasteiger partial charge on any atom is -0.394 e. The second-order valence-electron chi connectivity index (χ2n) is 6.43. The molecule has 1 aliphatic rings. The first-order valence-electron chi connectivity index (χ1n) is 6.78. The van der Waals surface area contributed by atoms with E-state index in [0.717, 1.165) is 6.17 Å². The molecule has 8 heteroatoms. The van der Waals surface area contributed by atoms with Gasteiger partial charge in [0.15, 0.2) is 0 Å². The third kappa shape index (κ3) is 4.79. The van der Waals surface area contributed by atoms with E-state index in [0.29, 0.717) is 0 Å². The average Bonchev–Trinajstić information content (AvgIpc) is 2.32. The Morgan fingerprint density at radius 2 is 1.85 bits per heavy atom. The van der Waals surface area contributed by atoms with E-state index in [1.54, 1.807) is 0 Å². The molecule has 118 valence electrons. The van der Waals surface area contributed by atoms with E-state index in [1.165, 1.54) is 6.92 Å². The van der Waals surface area contributed by atoms with Crippen LogP contribution < -0.4 is 10.6 Å². The van der Waals surface area contributed by atoms with Crippen molar-refractivity contribution in [2.75, 3.05) is 12.8 Å². The summed E-state index contributed by atoms with van der Waals surface area (Å²) in [7, 11) is -1.39. The highest BCUT2D eigenvalue weighted by Crippen LogP contribution is 2.20. The normalized spacial score (nSPS) is 34.9. The minimum atomic E-state index is -1.39. The molecule has 0 spiro atoms. The summed E-state index contributed by atoms with van der Waals surface area (Å²) < 4.78 is 5.56. The molecular formula is C12H26N2O5Si. The summed E-state index contributed by atoms with van der Waals surface area (Å²) >= 11 is 0. The van der Waals surface area contributed by atoms with Crippen LogP contribution in [-0.2, 0) is 9.53 Å². The molecule has 0 aliphatic carbocycles. The van der Waals surface area contributed by atoms with E-state index in [2.05, 4.69) is 30.3 Å². The molecule has 0 saturated carbocycles. The second kappa shape index (κ2) is 6.97. The van der Waals surface area contributed by atoms with Gasteiger partial charge in [0.2, 0.25) is 5.91 Å². The van der Waals surface area contributed by atoms with Crippen LogP contribution in [0.25, 0.3) is 0 Å². The van der Waals surface area contributed by atoms with Crippen LogP contribution in [0, 0.1) is 0 Å². The lowest BCUT2D eigenvalue weighted by Crippen LogP contribution is -2.68. The number of nitrogens with one attached hydrogen (secondary N) is 2. The molecule has 1 aliphatic heterocycles. The number of hydrogen-bond donors (Lipinski definition) is 5. The molecule has 1 amide bonds. The molecule has 1 saturated heterocycles. The Hall–Kier alpha value is -0.513.